The first-order valence-electron chi connectivity index (χ1n) is 7.06. The predicted octanol–water partition coefficient (Wildman–Crippen LogP) is 4.49. The number of rotatable bonds is 5. The molecule has 2 N–H and O–H groups in total. The molecule has 0 atom stereocenters. The molecule has 0 aliphatic rings. The Morgan fingerprint density at radius 3 is 2.25 bits per heavy atom. The minimum Gasteiger partial charge on any atom is -0.507 e. The molecule has 0 radical (unpaired) electrons. The molecule has 1 rings (SSSR count). The monoisotopic (exact) mass is 278 g/mol. The van der Waals surface area contributed by atoms with Crippen molar-refractivity contribution in [2.24, 2.45) is 10.8 Å². The van der Waals surface area contributed by atoms with Gasteiger partial charge in [0.2, 0.25) is 0 Å². The molecule has 1 aromatic carbocycles. The molecule has 0 saturated carbocycles. The largest absolute Gasteiger partial charge is 0.507 e. The van der Waals surface area contributed by atoms with Gasteiger partial charge in [0.25, 0.3) is 0 Å². The molecular weight excluding hydrogens is 252 g/mol. The number of hydrogen-bond acceptors (Lipinski definition) is 2. The number of hydrogen-bond donors (Lipinski definition) is 2. The number of benzene rings is 1. The molecule has 112 valence electrons. The zero-order chi connectivity index (χ0) is 15.6. The standard InChI is InChI=1S/C17H26O3/c1-16(2,3)11-17(4,5)10-9-12-7-6-8-13(14(12)18)15(19)20/h6-8,18H,9-11H2,1-5H3,(H,19,20). The van der Waals surface area contributed by atoms with E-state index >= 15 is 0 Å². The van der Waals surface area contributed by atoms with Crippen LogP contribution >= 0.6 is 0 Å². The van der Waals surface area contributed by atoms with E-state index in [1.54, 1.807) is 12.1 Å². The Hall–Kier alpha value is -1.51. The van der Waals surface area contributed by atoms with Crippen LogP contribution in [0.25, 0.3) is 0 Å². The van der Waals surface area contributed by atoms with Gasteiger partial charge in [0.15, 0.2) is 0 Å². The van der Waals surface area contributed by atoms with Gasteiger partial charge in [-0.25, -0.2) is 4.79 Å². The zero-order valence-corrected chi connectivity index (χ0v) is 13.2. The van der Waals surface area contributed by atoms with Crippen molar-refractivity contribution < 1.29 is 15.0 Å². The Labute approximate surface area is 121 Å². The average Bonchev–Trinajstić information content (AvgIpc) is 2.24. The summed E-state index contributed by atoms with van der Waals surface area (Å²) in [5, 5.41) is 19.0. The molecule has 0 heterocycles. The van der Waals surface area contributed by atoms with E-state index in [1.165, 1.54) is 6.07 Å². The number of carboxylic acids is 1. The molecule has 20 heavy (non-hydrogen) atoms. The second-order valence-electron chi connectivity index (χ2n) is 7.52. The van der Waals surface area contributed by atoms with E-state index < -0.39 is 5.97 Å². The molecule has 3 nitrogen and oxygen atoms in total. The zero-order valence-electron chi connectivity index (χ0n) is 13.2. The van der Waals surface area contributed by atoms with E-state index in [1.807, 2.05) is 0 Å². The lowest BCUT2D eigenvalue weighted by Gasteiger charge is -2.32. The van der Waals surface area contributed by atoms with Gasteiger partial charge in [0.05, 0.1) is 0 Å². The Bertz CT molecular complexity index is 481. The SMILES string of the molecule is CC(C)(C)CC(C)(C)CCc1cccc(C(=O)O)c1O. The molecule has 3 heteroatoms. The summed E-state index contributed by atoms with van der Waals surface area (Å²) in [5.74, 6) is -1.18. The topological polar surface area (TPSA) is 57.5 Å². The quantitative estimate of drug-likeness (QED) is 0.834. The Morgan fingerprint density at radius 1 is 1.15 bits per heavy atom. The lowest BCUT2D eigenvalue weighted by molar-refractivity contribution is 0.0693. The summed E-state index contributed by atoms with van der Waals surface area (Å²) in [6.07, 6.45) is 2.69. The highest BCUT2D eigenvalue weighted by molar-refractivity contribution is 5.91. The number of phenols is 1. The van der Waals surface area contributed by atoms with Crippen LogP contribution in [0.15, 0.2) is 18.2 Å². The van der Waals surface area contributed by atoms with E-state index in [4.69, 9.17) is 5.11 Å². The molecule has 0 aliphatic heterocycles. The molecule has 0 aromatic heterocycles. The number of aromatic hydroxyl groups is 1. The first-order valence-corrected chi connectivity index (χ1v) is 7.06. The fraction of sp³-hybridized carbons (Fsp3) is 0.588. The van der Waals surface area contributed by atoms with Gasteiger partial charge in [-0.3, -0.25) is 0 Å². The van der Waals surface area contributed by atoms with Crippen molar-refractivity contribution >= 4 is 5.97 Å². The van der Waals surface area contributed by atoms with Crippen molar-refractivity contribution in [2.75, 3.05) is 0 Å². The van der Waals surface area contributed by atoms with Crippen LogP contribution in [0.1, 0.15) is 63.4 Å². The Morgan fingerprint density at radius 2 is 1.75 bits per heavy atom. The number of aromatic carboxylic acids is 1. The molecule has 1 aromatic rings. The lowest BCUT2D eigenvalue weighted by atomic mass is 9.73. The van der Waals surface area contributed by atoms with Crippen LogP contribution in [0.5, 0.6) is 5.75 Å². The summed E-state index contributed by atoms with van der Waals surface area (Å²) in [6, 6.07) is 4.92. The molecule has 0 unspecified atom stereocenters. The van der Waals surface area contributed by atoms with Crippen molar-refractivity contribution in [3.8, 4) is 5.75 Å². The summed E-state index contributed by atoms with van der Waals surface area (Å²) in [7, 11) is 0. The second kappa shape index (κ2) is 5.86. The molecule has 0 saturated heterocycles. The normalized spacial score (nSPS) is 12.4. The summed E-state index contributed by atoms with van der Waals surface area (Å²) >= 11 is 0. The van der Waals surface area contributed by atoms with Crippen molar-refractivity contribution in [3.63, 3.8) is 0 Å². The van der Waals surface area contributed by atoms with Gasteiger partial charge < -0.3 is 10.2 Å². The molecule has 0 aliphatic carbocycles. The smallest absolute Gasteiger partial charge is 0.339 e. The summed E-state index contributed by atoms with van der Waals surface area (Å²) in [5.41, 5.74) is 1.11. The van der Waals surface area contributed by atoms with E-state index in [0.29, 0.717) is 12.0 Å². The minimum atomic E-state index is -1.08. The Kier molecular flexibility index (Phi) is 4.85. The summed E-state index contributed by atoms with van der Waals surface area (Å²) in [6.45, 7) is 11.1. The van der Waals surface area contributed by atoms with Crippen LogP contribution in [0.2, 0.25) is 0 Å². The van der Waals surface area contributed by atoms with Crippen molar-refractivity contribution in [2.45, 2.75) is 53.9 Å². The first-order chi connectivity index (χ1) is 9.02. The van der Waals surface area contributed by atoms with Crippen LogP contribution in [0.3, 0.4) is 0 Å². The maximum Gasteiger partial charge on any atom is 0.339 e. The maximum absolute atomic E-state index is 11.0. The summed E-state index contributed by atoms with van der Waals surface area (Å²) in [4.78, 5) is 11.0. The molecular formula is C17H26O3. The molecule has 0 amide bonds. The molecule has 0 spiro atoms. The van der Waals surface area contributed by atoms with Gasteiger partial charge in [-0.2, -0.15) is 0 Å². The highest BCUT2D eigenvalue weighted by Crippen LogP contribution is 2.37. The highest BCUT2D eigenvalue weighted by Gasteiger charge is 2.25. The second-order valence-corrected chi connectivity index (χ2v) is 7.52. The Balaban J connectivity index is 2.80. The van der Waals surface area contributed by atoms with Gasteiger partial charge in [-0.15, -0.1) is 0 Å². The van der Waals surface area contributed by atoms with Crippen LogP contribution < -0.4 is 0 Å². The first kappa shape index (κ1) is 16.5. The van der Waals surface area contributed by atoms with Crippen molar-refractivity contribution in [1.29, 1.82) is 0 Å². The third-order valence-corrected chi connectivity index (χ3v) is 3.43. The fourth-order valence-electron chi connectivity index (χ4n) is 2.96. The number of carbonyl (C=O) groups is 1. The third-order valence-electron chi connectivity index (χ3n) is 3.43. The van der Waals surface area contributed by atoms with Crippen LogP contribution in [0, 0.1) is 10.8 Å². The van der Waals surface area contributed by atoms with E-state index in [9.17, 15) is 9.90 Å². The number of carboxylic acid groups (broad SMARTS) is 1. The van der Waals surface area contributed by atoms with Gasteiger partial charge in [0, 0.05) is 0 Å². The van der Waals surface area contributed by atoms with Crippen LogP contribution in [0.4, 0.5) is 0 Å². The maximum atomic E-state index is 11.0. The van der Waals surface area contributed by atoms with Crippen molar-refractivity contribution in [1.82, 2.24) is 0 Å². The lowest BCUT2D eigenvalue weighted by Crippen LogP contribution is -2.21. The average molecular weight is 278 g/mol. The van der Waals surface area contributed by atoms with Gasteiger partial charge >= 0.3 is 5.97 Å². The minimum absolute atomic E-state index is 0.0175. The number of para-hydroxylation sites is 1. The molecule has 0 fully saturated rings. The van der Waals surface area contributed by atoms with Crippen molar-refractivity contribution in [3.05, 3.63) is 29.3 Å². The third kappa shape index (κ3) is 4.87. The van der Waals surface area contributed by atoms with E-state index in [-0.39, 0.29) is 22.1 Å². The predicted molar refractivity (Wildman–Crippen MR) is 81.2 cm³/mol. The van der Waals surface area contributed by atoms with E-state index in [0.717, 1.165) is 12.8 Å². The highest BCUT2D eigenvalue weighted by atomic mass is 16.4. The van der Waals surface area contributed by atoms with Crippen LogP contribution in [-0.4, -0.2) is 16.2 Å². The fourth-order valence-corrected chi connectivity index (χ4v) is 2.96. The van der Waals surface area contributed by atoms with E-state index in [2.05, 4.69) is 34.6 Å². The summed E-state index contributed by atoms with van der Waals surface area (Å²) < 4.78 is 0. The van der Waals surface area contributed by atoms with Gasteiger partial charge in [-0.05, 0) is 41.7 Å². The molecule has 0 bridgehead atoms. The van der Waals surface area contributed by atoms with Crippen LogP contribution in [-0.2, 0) is 6.42 Å². The van der Waals surface area contributed by atoms with Gasteiger partial charge in [0.1, 0.15) is 11.3 Å². The number of aryl methyl sites for hydroxylation is 1. The van der Waals surface area contributed by atoms with Gasteiger partial charge in [-0.1, -0.05) is 46.8 Å².